The van der Waals surface area contributed by atoms with Crippen LogP contribution in [0.2, 0.25) is 0 Å². The zero-order valence-corrected chi connectivity index (χ0v) is 9.19. The van der Waals surface area contributed by atoms with Crippen LogP contribution in [0.4, 0.5) is 0 Å². The fraction of sp³-hybridized carbons (Fsp3) is 0.769. The highest BCUT2D eigenvalue weighted by Crippen LogP contribution is 2.47. The number of carbonyl (C=O) groups excluding carboxylic acids is 1. The molecule has 0 spiro atoms. The Labute approximate surface area is 91.3 Å². The summed E-state index contributed by atoms with van der Waals surface area (Å²) in [5.74, 6) is 2.77. The molecular formula is C13H19NO. The van der Waals surface area contributed by atoms with Gasteiger partial charge in [-0.05, 0) is 55.9 Å². The molecule has 82 valence electrons. The average molecular weight is 205 g/mol. The first-order valence-electron chi connectivity index (χ1n) is 6.19. The molecule has 2 nitrogen and oxygen atoms in total. The van der Waals surface area contributed by atoms with Crippen molar-refractivity contribution in [3.05, 3.63) is 12.7 Å². The standard InChI is InChI=1S/C13H19NO/c1-2-13(15)14-8-11-4-9-3-10(5-11)7-12(14)6-9/h2,9-12H,1,3-8H2. The molecule has 2 aliphatic carbocycles. The van der Waals surface area contributed by atoms with Crippen LogP contribution in [-0.2, 0) is 4.79 Å². The van der Waals surface area contributed by atoms with E-state index in [9.17, 15) is 4.79 Å². The molecule has 2 heteroatoms. The Morgan fingerprint density at radius 2 is 1.67 bits per heavy atom. The summed E-state index contributed by atoms with van der Waals surface area (Å²) < 4.78 is 0. The van der Waals surface area contributed by atoms with Crippen molar-refractivity contribution in [1.82, 2.24) is 4.90 Å². The second-order valence-corrected chi connectivity index (χ2v) is 5.63. The summed E-state index contributed by atoms with van der Waals surface area (Å²) in [5.41, 5.74) is 0. The van der Waals surface area contributed by atoms with Gasteiger partial charge in [-0.2, -0.15) is 0 Å². The third-order valence-corrected chi connectivity index (χ3v) is 4.56. The molecule has 2 saturated heterocycles. The van der Waals surface area contributed by atoms with Crippen molar-refractivity contribution in [3.8, 4) is 0 Å². The van der Waals surface area contributed by atoms with Gasteiger partial charge in [-0.15, -0.1) is 0 Å². The van der Waals surface area contributed by atoms with E-state index in [-0.39, 0.29) is 5.91 Å². The van der Waals surface area contributed by atoms with E-state index in [2.05, 4.69) is 11.5 Å². The number of hydrogen-bond acceptors (Lipinski definition) is 1. The molecule has 0 aromatic carbocycles. The molecule has 4 rings (SSSR count). The Bertz CT molecular complexity index is 285. The summed E-state index contributed by atoms with van der Waals surface area (Å²) in [5, 5.41) is 0. The van der Waals surface area contributed by atoms with E-state index in [0.717, 1.165) is 24.3 Å². The van der Waals surface area contributed by atoms with Gasteiger partial charge in [0.1, 0.15) is 0 Å². The van der Waals surface area contributed by atoms with Gasteiger partial charge < -0.3 is 4.90 Å². The molecule has 0 radical (unpaired) electrons. The van der Waals surface area contributed by atoms with Gasteiger partial charge in [0, 0.05) is 12.6 Å². The number of hydrogen-bond donors (Lipinski definition) is 0. The smallest absolute Gasteiger partial charge is 0.246 e. The predicted octanol–water partition coefficient (Wildman–Crippen LogP) is 2.21. The molecule has 2 saturated carbocycles. The van der Waals surface area contributed by atoms with Gasteiger partial charge in [0.25, 0.3) is 0 Å². The van der Waals surface area contributed by atoms with E-state index in [1.165, 1.54) is 38.2 Å². The maximum Gasteiger partial charge on any atom is 0.246 e. The summed E-state index contributed by atoms with van der Waals surface area (Å²) in [6.07, 6.45) is 8.18. The van der Waals surface area contributed by atoms with Crippen LogP contribution in [0.15, 0.2) is 12.7 Å². The largest absolute Gasteiger partial charge is 0.336 e. The number of nitrogens with zero attached hydrogens (tertiary/aromatic N) is 1. The Morgan fingerprint density at radius 3 is 2.27 bits per heavy atom. The van der Waals surface area contributed by atoms with Crippen molar-refractivity contribution in [2.45, 2.75) is 38.1 Å². The Kier molecular flexibility index (Phi) is 2.11. The van der Waals surface area contributed by atoms with Crippen LogP contribution in [0.25, 0.3) is 0 Å². The summed E-state index contributed by atoms with van der Waals surface area (Å²) in [6, 6.07) is 0.534. The quantitative estimate of drug-likeness (QED) is 0.601. The van der Waals surface area contributed by atoms with Crippen LogP contribution in [0, 0.1) is 17.8 Å². The number of fused-ring (bicyclic) bond motifs is 1. The van der Waals surface area contributed by atoms with Crippen LogP contribution < -0.4 is 0 Å². The SMILES string of the molecule is C=CC(=O)N1CC2CC3CC(C2)CC1C3. The van der Waals surface area contributed by atoms with Crippen LogP contribution in [-0.4, -0.2) is 23.4 Å². The number of carbonyl (C=O) groups is 1. The lowest BCUT2D eigenvalue weighted by molar-refractivity contribution is -0.128. The van der Waals surface area contributed by atoms with Gasteiger partial charge in [0.2, 0.25) is 5.91 Å². The monoisotopic (exact) mass is 205 g/mol. The topological polar surface area (TPSA) is 20.3 Å². The molecule has 2 aliphatic heterocycles. The average Bonchev–Trinajstić information content (AvgIpc) is 2.42. The molecule has 2 unspecified atom stereocenters. The van der Waals surface area contributed by atoms with Crippen molar-refractivity contribution < 1.29 is 4.79 Å². The fourth-order valence-electron chi connectivity index (χ4n) is 4.17. The highest BCUT2D eigenvalue weighted by atomic mass is 16.2. The van der Waals surface area contributed by atoms with Gasteiger partial charge in [-0.1, -0.05) is 6.58 Å². The first-order valence-corrected chi connectivity index (χ1v) is 6.19. The molecule has 2 atom stereocenters. The third-order valence-electron chi connectivity index (χ3n) is 4.56. The van der Waals surface area contributed by atoms with E-state index in [4.69, 9.17) is 0 Å². The minimum atomic E-state index is 0.160. The summed E-state index contributed by atoms with van der Waals surface area (Å²) >= 11 is 0. The van der Waals surface area contributed by atoms with Crippen LogP contribution in [0.3, 0.4) is 0 Å². The van der Waals surface area contributed by atoms with Crippen molar-refractivity contribution >= 4 is 5.91 Å². The highest BCUT2D eigenvalue weighted by Gasteiger charge is 2.43. The van der Waals surface area contributed by atoms with Crippen LogP contribution in [0.5, 0.6) is 0 Å². The maximum absolute atomic E-state index is 11.8. The Balaban J connectivity index is 1.87. The Hall–Kier alpha value is -0.790. The van der Waals surface area contributed by atoms with Crippen molar-refractivity contribution in [2.75, 3.05) is 6.54 Å². The molecule has 0 aromatic rings. The van der Waals surface area contributed by atoms with Crippen molar-refractivity contribution in [1.29, 1.82) is 0 Å². The van der Waals surface area contributed by atoms with Crippen LogP contribution in [0.1, 0.15) is 32.1 Å². The first kappa shape index (κ1) is 9.44. The predicted molar refractivity (Wildman–Crippen MR) is 59.3 cm³/mol. The van der Waals surface area contributed by atoms with Crippen molar-refractivity contribution in [3.63, 3.8) is 0 Å². The third kappa shape index (κ3) is 1.51. The molecule has 1 amide bonds. The van der Waals surface area contributed by atoms with E-state index < -0.39 is 0 Å². The first-order chi connectivity index (χ1) is 7.26. The molecule has 4 aliphatic rings. The maximum atomic E-state index is 11.8. The second kappa shape index (κ2) is 3.36. The van der Waals surface area contributed by atoms with E-state index in [1.807, 2.05) is 0 Å². The summed E-state index contributed by atoms with van der Waals surface area (Å²) in [6.45, 7) is 4.62. The zero-order valence-electron chi connectivity index (χ0n) is 9.19. The lowest BCUT2D eigenvalue weighted by Crippen LogP contribution is -2.41. The zero-order chi connectivity index (χ0) is 10.4. The van der Waals surface area contributed by atoms with Gasteiger partial charge in [-0.25, -0.2) is 0 Å². The minimum absolute atomic E-state index is 0.160. The van der Waals surface area contributed by atoms with Crippen molar-refractivity contribution in [2.24, 2.45) is 17.8 Å². The minimum Gasteiger partial charge on any atom is -0.336 e. The van der Waals surface area contributed by atoms with E-state index in [0.29, 0.717) is 6.04 Å². The van der Waals surface area contributed by atoms with E-state index >= 15 is 0 Å². The summed E-state index contributed by atoms with van der Waals surface area (Å²) in [4.78, 5) is 13.9. The number of amides is 1. The van der Waals surface area contributed by atoms with Gasteiger partial charge >= 0.3 is 0 Å². The molecule has 4 fully saturated rings. The molecule has 0 aromatic heterocycles. The van der Waals surface area contributed by atoms with E-state index in [1.54, 1.807) is 0 Å². The molecule has 15 heavy (non-hydrogen) atoms. The lowest BCUT2D eigenvalue weighted by atomic mass is 9.68. The fourth-order valence-corrected chi connectivity index (χ4v) is 4.17. The lowest BCUT2D eigenvalue weighted by Gasteiger charge is -2.38. The highest BCUT2D eigenvalue weighted by molar-refractivity contribution is 5.87. The Morgan fingerprint density at radius 1 is 1.07 bits per heavy atom. The molecule has 4 bridgehead atoms. The van der Waals surface area contributed by atoms with Gasteiger partial charge in [-0.3, -0.25) is 4.79 Å². The molecular weight excluding hydrogens is 186 g/mol. The van der Waals surface area contributed by atoms with Gasteiger partial charge in [0.05, 0.1) is 0 Å². The normalized spacial score (nSPS) is 42.8. The van der Waals surface area contributed by atoms with Crippen LogP contribution >= 0.6 is 0 Å². The molecule has 0 N–H and O–H groups in total. The van der Waals surface area contributed by atoms with Gasteiger partial charge in [0.15, 0.2) is 0 Å². The summed E-state index contributed by atoms with van der Waals surface area (Å²) in [7, 11) is 0. The number of rotatable bonds is 1. The second-order valence-electron chi connectivity index (χ2n) is 5.63. The molecule has 2 heterocycles.